The van der Waals surface area contributed by atoms with Crippen molar-refractivity contribution in [3.63, 3.8) is 0 Å². The molecule has 2 atom stereocenters. The van der Waals surface area contributed by atoms with E-state index in [0.29, 0.717) is 0 Å². The predicted molar refractivity (Wildman–Crippen MR) is 73.0 cm³/mol. The lowest BCUT2D eigenvalue weighted by atomic mass is 9.89. The molecule has 1 aliphatic heterocycles. The van der Waals surface area contributed by atoms with Crippen LogP contribution in [0.2, 0.25) is 0 Å². The van der Waals surface area contributed by atoms with Gasteiger partial charge < -0.3 is 5.32 Å². The quantitative estimate of drug-likeness (QED) is 0.882. The van der Waals surface area contributed by atoms with Crippen molar-refractivity contribution in [3.05, 3.63) is 35.1 Å². The molecule has 0 radical (unpaired) electrons. The van der Waals surface area contributed by atoms with E-state index in [9.17, 15) is 4.39 Å². The Morgan fingerprint density at radius 1 is 1.47 bits per heavy atom. The minimum atomic E-state index is -0.0938. The molecule has 1 N–H and O–H groups in total. The fourth-order valence-corrected chi connectivity index (χ4v) is 4.16. The second kappa shape index (κ2) is 4.99. The molecule has 0 spiro atoms. The van der Waals surface area contributed by atoms with Crippen LogP contribution in [0, 0.1) is 12.7 Å². The molecule has 2 rings (SSSR count). The largest absolute Gasteiger partial charge is 0.312 e. The first-order valence-corrected chi connectivity index (χ1v) is 7.12. The van der Waals surface area contributed by atoms with Crippen LogP contribution < -0.4 is 5.32 Å². The highest BCUT2D eigenvalue weighted by Crippen LogP contribution is 2.46. The summed E-state index contributed by atoms with van der Waals surface area (Å²) in [5.74, 6) is 1.09. The number of benzene rings is 1. The number of rotatable bonds is 3. The summed E-state index contributed by atoms with van der Waals surface area (Å²) in [6, 6.07) is 5.48. The maximum absolute atomic E-state index is 14.0. The van der Waals surface area contributed by atoms with Gasteiger partial charge in [0.25, 0.3) is 0 Å². The summed E-state index contributed by atoms with van der Waals surface area (Å²) >= 11 is 1.96. The van der Waals surface area contributed by atoms with E-state index in [1.54, 1.807) is 6.07 Å². The normalized spacial score (nSPS) is 26.1. The standard InChI is InChI=1S/C14H20FNS/c1-10-5-6-12(15)11(9-10)13(16-3)14(2)7-4-8-17-14/h5-6,9,13,16H,4,7-8H2,1-3H3. The van der Waals surface area contributed by atoms with E-state index in [1.807, 2.05) is 37.9 Å². The van der Waals surface area contributed by atoms with Crippen LogP contribution in [0.4, 0.5) is 4.39 Å². The van der Waals surface area contributed by atoms with E-state index in [4.69, 9.17) is 0 Å². The SMILES string of the molecule is CNC(c1cc(C)ccc1F)C1(C)CCCS1. The predicted octanol–water partition coefficient (Wildman–Crippen LogP) is 3.68. The van der Waals surface area contributed by atoms with E-state index < -0.39 is 0 Å². The Morgan fingerprint density at radius 2 is 2.24 bits per heavy atom. The third-order valence-electron chi connectivity index (χ3n) is 3.61. The summed E-state index contributed by atoms with van der Waals surface area (Å²) in [5.41, 5.74) is 1.93. The molecule has 1 fully saturated rings. The van der Waals surface area contributed by atoms with E-state index in [0.717, 1.165) is 17.5 Å². The molecular weight excluding hydrogens is 233 g/mol. The Hall–Kier alpha value is -0.540. The van der Waals surface area contributed by atoms with Crippen LogP contribution in [0.5, 0.6) is 0 Å². The monoisotopic (exact) mass is 253 g/mol. The Labute approximate surface area is 107 Å². The van der Waals surface area contributed by atoms with Crippen molar-refractivity contribution < 1.29 is 4.39 Å². The van der Waals surface area contributed by atoms with Crippen molar-refractivity contribution in [1.29, 1.82) is 0 Å². The molecule has 0 aliphatic carbocycles. The Kier molecular flexibility index (Phi) is 3.79. The Balaban J connectivity index is 2.37. The molecule has 1 aromatic rings. The highest BCUT2D eigenvalue weighted by Gasteiger charge is 2.39. The molecule has 0 aromatic heterocycles. The fraction of sp³-hybridized carbons (Fsp3) is 0.571. The van der Waals surface area contributed by atoms with E-state index in [2.05, 4.69) is 12.2 Å². The van der Waals surface area contributed by atoms with Crippen LogP contribution in [-0.4, -0.2) is 17.5 Å². The summed E-state index contributed by atoms with van der Waals surface area (Å²) in [5, 5.41) is 3.31. The molecule has 1 aliphatic rings. The van der Waals surface area contributed by atoms with Crippen molar-refractivity contribution in [2.75, 3.05) is 12.8 Å². The molecule has 0 bridgehead atoms. The van der Waals surface area contributed by atoms with Gasteiger partial charge in [0, 0.05) is 16.4 Å². The molecule has 3 heteroatoms. The average molecular weight is 253 g/mol. The molecule has 17 heavy (non-hydrogen) atoms. The highest BCUT2D eigenvalue weighted by atomic mass is 32.2. The van der Waals surface area contributed by atoms with Crippen molar-refractivity contribution in [2.45, 2.75) is 37.5 Å². The molecule has 2 unspecified atom stereocenters. The molecule has 1 heterocycles. The zero-order valence-corrected chi connectivity index (χ0v) is 11.5. The summed E-state index contributed by atoms with van der Waals surface area (Å²) < 4.78 is 14.1. The van der Waals surface area contributed by atoms with Gasteiger partial charge in [-0.2, -0.15) is 11.8 Å². The molecular formula is C14H20FNS. The fourth-order valence-electron chi connectivity index (χ4n) is 2.70. The number of halogens is 1. The Bertz CT molecular complexity index is 399. The second-order valence-corrected chi connectivity index (χ2v) is 6.64. The summed E-state index contributed by atoms with van der Waals surface area (Å²) in [4.78, 5) is 0. The van der Waals surface area contributed by atoms with Gasteiger partial charge in [0.15, 0.2) is 0 Å². The van der Waals surface area contributed by atoms with Crippen molar-refractivity contribution in [1.82, 2.24) is 5.32 Å². The lowest BCUT2D eigenvalue weighted by Crippen LogP contribution is -2.36. The number of nitrogens with one attached hydrogen (secondary N) is 1. The van der Waals surface area contributed by atoms with E-state index in [1.165, 1.54) is 12.2 Å². The minimum absolute atomic E-state index is 0.0925. The topological polar surface area (TPSA) is 12.0 Å². The summed E-state index contributed by atoms with van der Waals surface area (Å²) in [6.45, 7) is 4.26. The van der Waals surface area contributed by atoms with Gasteiger partial charge in [0.1, 0.15) is 5.82 Å². The van der Waals surface area contributed by atoms with Gasteiger partial charge in [0.2, 0.25) is 0 Å². The summed E-state index contributed by atoms with van der Waals surface area (Å²) in [6.07, 6.45) is 2.38. The van der Waals surface area contributed by atoms with Crippen LogP contribution >= 0.6 is 11.8 Å². The second-order valence-electron chi connectivity index (χ2n) is 5.01. The van der Waals surface area contributed by atoms with Gasteiger partial charge >= 0.3 is 0 Å². The number of thioether (sulfide) groups is 1. The zero-order chi connectivity index (χ0) is 12.5. The number of aryl methyl sites for hydroxylation is 1. The van der Waals surface area contributed by atoms with Crippen molar-refractivity contribution in [2.24, 2.45) is 0 Å². The van der Waals surface area contributed by atoms with Gasteiger partial charge in [-0.25, -0.2) is 4.39 Å². The molecule has 1 saturated heterocycles. The third kappa shape index (κ3) is 2.50. The maximum Gasteiger partial charge on any atom is 0.128 e. The number of hydrogen-bond donors (Lipinski definition) is 1. The van der Waals surface area contributed by atoms with Gasteiger partial charge in [0.05, 0.1) is 0 Å². The third-order valence-corrected chi connectivity index (χ3v) is 5.20. The van der Waals surface area contributed by atoms with Gasteiger partial charge in [-0.15, -0.1) is 0 Å². The molecule has 94 valence electrons. The van der Waals surface area contributed by atoms with Crippen molar-refractivity contribution >= 4 is 11.8 Å². The van der Waals surface area contributed by atoms with Crippen LogP contribution in [0.1, 0.15) is 36.9 Å². The van der Waals surface area contributed by atoms with Crippen LogP contribution in [0.25, 0.3) is 0 Å². The van der Waals surface area contributed by atoms with Crippen LogP contribution in [0.15, 0.2) is 18.2 Å². The maximum atomic E-state index is 14.0. The van der Waals surface area contributed by atoms with Gasteiger partial charge in [-0.1, -0.05) is 17.7 Å². The van der Waals surface area contributed by atoms with E-state index >= 15 is 0 Å². The summed E-state index contributed by atoms with van der Waals surface area (Å²) in [7, 11) is 1.93. The average Bonchev–Trinajstić information content (AvgIpc) is 2.72. The first-order valence-electron chi connectivity index (χ1n) is 6.14. The first-order chi connectivity index (χ1) is 8.07. The number of hydrogen-bond acceptors (Lipinski definition) is 2. The smallest absolute Gasteiger partial charge is 0.128 e. The van der Waals surface area contributed by atoms with Crippen LogP contribution in [0.3, 0.4) is 0 Å². The molecule has 0 amide bonds. The highest BCUT2D eigenvalue weighted by molar-refractivity contribution is 8.00. The van der Waals surface area contributed by atoms with Gasteiger partial charge in [-0.3, -0.25) is 0 Å². The Morgan fingerprint density at radius 3 is 2.82 bits per heavy atom. The van der Waals surface area contributed by atoms with Gasteiger partial charge in [-0.05, 0) is 45.6 Å². The lowest BCUT2D eigenvalue weighted by Gasteiger charge is -2.33. The van der Waals surface area contributed by atoms with Crippen LogP contribution in [-0.2, 0) is 0 Å². The zero-order valence-electron chi connectivity index (χ0n) is 10.7. The molecule has 1 aromatic carbocycles. The van der Waals surface area contributed by atoms with E-state index in [-0.39, 0.29) is 16.6 Å². The van der Waals surface area contributed by atoms with Crippen molar-refractivity contribution in [3.8, 4) is 0 Å². The molecule has 1 nitrogen and oxygen atoms in total. The minimum Gasteiger partial charge on any atom is -0.312 e. The first kappa shape index (κ1) is 12.9. The molecule has 0 saturated carbocycles. The lowest BCUT2D eigenvalue weighted by molar-refractivity contribution is 0.423.